The lowest BCUT2D eigenvalue weighted by Gasteiger charge is -2.27. The zero-order valence-corrected chi connectivity index (χ0v) is 12.6. The first kappa shape index (κ1) is 15.0. The Balaban J connectivity index is 2.21. The summed E-state index contributed by atoms with van der Waals surface area (Å²) in [6, 6.07) is 6.95. The average molecular weight is 272 g/mol. The van der Waals surface area contributed by atoms with Crippen LogP contribution in [0.1, 0.15) is 49.8 Å². The quantitative estimate of drug-likeness (QED) is 0.895. The fraction of sp³-hybridized carbons (Fsp3) is 0.529. The molecule has 0 saturated carbocycles. The van der Waals surface area contributed by atoms with Crippen LogP contribution < -0.4 is 5.73 Å². The van der Waals surface area contributed by atoms with Crippen molar-refractivity contribution in [3.8, 4) is 0 Å². The molecule has 0 fully saturated rings. The first-order valence-electron chi connectivity index (χ1n) is 7.41. The maximum Gasteiger partial charge on any atom is 0.225 e. The molecule has 1 unspecified atom stereocenters. The van der Waals surface area contributed by atoms with Crippen LogP contribution >= 0.6 is 0 Å². The third-order valence-corrected chi connectivity index (χ3v) is 4.07. The number of amides is 1. The molecule has 2 rings (SSSR count). The van der Waals surface area contributed by atoms with Crippen LogP contribution in [0.25, 0.3) is 0 Å². The zero-order valence-electron chi connectivity index (χ0n) is 12.6. The summed E-state index contributed by atoms with van der Waals surface area (Å²) in [5, 5.41) is 0. The monoisotopic (exact) mass is 272 g/mol. The second-order valence-corrected chi connectivity index (χ2v) is 5.73. The highest BCUT2D eigenvalue weighted by Crippen LogP contribution is 2.31. The first-order valence-corrected chi connectivity index (χ1v) is 7.41. The lowest BCUT2D eigenvalue weighted by Crippen LogP contribution is -2.30. The summed E-state index contributed by atoms with van der Waals surface area (Å²) in [7, 11) is 0. The number of nitrogens with two attached hydrogens (primary N) is 1. The number of aryl methyl sites for hydroxylation is 1. The topological polar surface area (TPSA) is 46.3 Å². The molecule has 0 heterocycles. The minimum Gasteiger partial charge on any atom is -0.369 e. The SMILES string of the molecule is CCN(Cc1ccc2c(c1)CC[C]C2C(N)=O)C(C)C. The molecule has 0 saturated heterocycles. The van der Waals surface area contributed by atoms with Crippen LogP contribution in [0.5, 0.6) is 0 Å². The highest BCUT2D eigenvalue weighted by atomic mass is 16.1. The average Bonchev–Trinajstić information content (AvgIpc) is 2.43. The molecule has 0 spiro atoms. The van der Waals surface area contributed by atoms with Crippen molar-refractivity contribution in [2.24, 2.45) is 5.73 Å². The van der Waals surface area contributed by atoms with Gasteiger partial charge in [-0.15, -0.1) is 0 Å². The van der Waals surface area contributed by atoms with Gasteiger partial charge < -0.3 is 5.73 Å². The smallest absolute Gasteiger partial charge is 0.225 e. The van der Waals surface area contributed by atoms with E-state index in [1.165, 1.54) is 11.1 Å². The van der Waals surface area contributed by atoms with Crippen molar-refractivity contribution in [3.05, 3.63) is 41.3 Å². The van der Waals surface area contributed by atoms with E-state index in [1.54, 1.807) is 0 Å². The number of nitrogens with zero attached hydrogens (tertiary/aromatic N) is 1. The third kappa shape index (κ3) is 3.21. The zero-order chi connectivity index (χ0) is 14.7. The highest BCUT2D eigenvalue weighted by molar-refractivity contribution is 5.84. The number of rotatable bonds is 5. The van der Waals surface area contributed by atoms with E-state index in [1.807, 2.05) is 0 Å². The number of hydrogen-bond donors (Lipinski definition) is 1. The number of carbonyl (C=O) groups excluding carboxylic acids is 1. The second-order valence-electron chi connectivity index (χ2n) is 5.73. The third-order valence-electron chi connectivity index (χ3n) is 4.07. The predicted octanol–water partition coefficient (Wildman–Crippen LogP) is 2.51. The van der Waals surface area contributed by atoms with Crippen LogP contribution in [0.15, 0.2) is 18.2 Å². The van der Waals surface area contributed by atoms with Crippen molar-refractivity contribution >= 4 is 5.91 Å². The molecule has 108 valence electrons. The van der Waals surface area contributed by atoms with Gasteiger partial charge in [-0.2, -0.15) is 0 Å². The molecule has 2 radical (unpaired) electrons. The molecular weight excluding hydrogens is 248 g/mol. The van der Waals surface area contributed by atoms with Gasteiger partial charge >= 0.3 is 0 Å². The van der Waals surface area contributed by atoms with Gasteiger partial charge in [-0.3, -0.25) is 9.69 Å². The van der Waals surface area contributed by atoms with Crippen molar-refractivity contribution in [2.75, 3.05) is 6.54 Å². The minimum atomic E-state index is -0.333. The summed E-state index contributed by atoms with van der Waals surface area (Å²) in [4.78, 5) is 13.9. The molecule has 1 amide bonds. The maximum atomic E-state index is 11.5. The highest BCUT2D eigenvalue weighted by Gasteiger charge is 2.25. The van der Waals surface area contributed by atoms with Crippen molar-refractivity contribution in [3.63, 3.8) is 0 Å². The molecular formula is C17H24N2O. The molecule has 1 aliphatic carbocycles. The summed E-state index contributed by atoms with van der Waals surface area (Å²) >= 11 is 0. The van der Waals surface area contributed by atoms with Crippen LogP contribution in [0, 0.1) is 6.42 Å². The van der Waals surface area contributed by atoms with E-state index < -0.39 is 0 Å². The molecule has 20 heavy (non-hydrogen) atoms. The van der Waals surface area contributed by atoms with Gasteiger partial charge in [0, 0.05) is 19.0 Å². The standard InChI is InChI=1S/C17H24N2O/c1-4-19(12(2)3)11-13-8-9-15-14(10-13)6-5-7-16(15)17(18)20/h8-10,12,16H,4-6,11H2,1-3H3,(H2,18,20). The van der Waals surface area contributed by atoms with E-state index >= 15 is 0 Å². The largest absolute Gasteiger partial charge is 0.369 e. The fourth-order valence-corrected chi connectivity index (χ4v) is 2.86. The van der Waals surface area contributed by atoms with Gasteiger partial charge in [0.15, 0.2) is 0 Å². The van der Waals surface area contributed by atoms with E-state index in [4.69, 9.17) is 5.73 Å². The number of fused-ring (bicyclic) bond motifs is 1. The minimum absolute atomic E-state index is 0.295. The van der Waals surface area contributed by atoms with Gasteiger partial charge in [-0.05, 0) is 49.9 Å². The summed E-state index contributed by atoms with van der Waals surface area (Å²) in [6.07, 6.45) is 4.95. The van der Waals surface area contributed by atoms with Crippen LogP contribution in [0.3, 0.4) is 0 Å². The summed E-state index contributed by atoms with van der Waals surface area (Å²) < 4.78 is 0. The lowest BCUT2D eigenvalue weighted by atomic mass is 9.81. The number of primary amides is 1. The van der Waals surface area contributed by atoms with Crippen LogP contribution in [-0.2, 0) is 17.8 Å². The van der Waals surface area contributed by atoms with E-state index in [2.05, 4.69) is 50.3 Å². The van der Waals surface area contributed by atoms with Gasteiger partial charge in [-0.25, -0.2) is 0 Å². The van der Waals surface area contributed by atoms with E-state index in [0.717, 1.165) is 31.5 Å². The Kier molecular flexibility index (Phi) is 4.81. The van der Waals surface area contributed by atoms with Crippen LogP contribution in [-0.4, -0.2) is 23.4 Å². The van der Waals surface area contributed by atoms with Crippen LogP contribution in [0.4, 0.5) is 0 Å². The van der Waals surface area contributed by atoms with Crippen molar-refractivity contribution in [1.82, 2.24) is 4.90 Å². The van der Waals surface area contributed by atoms with Gasteiger partial charge in [0.2, 0.25) is 5.91 Å². The molecule has 0 aliphatic heterocycles. The van der Waals surface area contributed by atoms with Gasteiger partial charge in [0.05, 0.1) is 5.92 Å². The lowest BCUT2D eigenvalue weighted by molar-refractivity contribution is -0.118. The van der Waals surface area contributed by atoms with Crippen molar-refractivity contribution in [2.45, 2.75) is 52.1 Å². The molecule has 1 atom stereocenters. The number of hydrogen-bond acceptors (Lipinski definition) is 2. The van der Waals surface area contributed by atoms with Crippen molar-refractivity contribution < 1.29 is 4.79 Å². The number of benzene rings is 1. The van der Waals surface area contributed by atoms with E-state index in [9.17, 15) is 4.79 Å². The normalized spacial score (nSPS) is 18.4. The molecule has 1 aromatic carbocycles. The van der Waals surface area contributed by atoms with E-state index in [0.29, 0.717) is 6.04 Å². The Morgan fingerprint density at radius 2 is 2.25 bits per heavy atom. The molecule has 1 aliphatic rings. The Morgan fingerprint density at radius 1 is 1.50 bits per heavy atom. The van der Waals surface area contributed by atoms with Crippen molar-refractivity contribution in [1.29, 1.82) is 0 Å². The second kappa shape index (κ2) is 6.40. The van der Waals surface area contributed by atoms with Gasteiger partial charge in [0.1, 0.15) is 0 Å². The molecule has 0 aromatic heterocycles. The Morgan fingerprint density at radius 3 is 2.85 bits per heavy atom. The Hall–Kier alpha value is -1.35. The van der Waals surface area contributed by atoms with Crippen LogP contribution in [0.2, 0.25) is 0 Å². The summed E-state index contributed by atoms with van der Waals surface area (Å²) in [5.74, 6) is -0.628. The Labute approximate surface area is 122 Å². The Bertz CT molecular complexity index is 482. The number of carbonyl (C=O) groups is 1. The van der Waals surface area contributed by atoms with Gasteiger partial charge in [0.25, 0.3) is 0 Å². The summed E-state index contributed by atoms with van der Waals surface area (Å²) in [6.45, 7) is 8.62. The van der Waals surface area contributed by atoms with E-state index in [-0.39, 0.29) is 11.8 Å². The predicted molar refractivity (Wildman–Crippen MR) is 81.2 cm³/mol. The first-order chi connectivity index (χ1) is 9.52. The maximum absolute atomic E-state index is 11.5. The molecule has 3 nitrogen and oxygen atoms in total. The molecule has 1 aromatic rings. The molecule has 2 N–H and O–H groups in total. The summed E-state index contributed by atoms with van der Waals surface area (Å²) in [5.41, 5.74) is 9.06. The molecule has 0 bridgehead atoms. The molecule has 3 heteroatoms. The fourth-order valence-electron chi connectivity index (χ4n) is 2.86. The van der Waals surface area contributed by atoms with Gasteiger partial charge in [-0.1, -0.05) is 25.1 Å².